The molecule has 1 aromatic rings. The van der Waals surface area contributed by atoms with Gasteiger partial charge >= 0.3 is 5.97 Å². The van der Waals surface area contributed by atoms with Gasteiger partial charge in [0.05, 0.1) is 12.2 Å². The van der Waals surface area contributed by atoms with Crippen molar-refractivity contribution in [3.05, 3.63) is 24.2 Å². The number of hydrogen-bond acceptors (Lipinski definition) is 4. The summed E-state index contributed by atoms with van der Waals surface area (Å²) < 4.78 is 4.91. The quantitative estimate of drug-likeness (QED) is 0.659. The molecule has 1 aromatic heterocycles. The van der Waals surface area contributed by atoms with E-state index in [4.69, 9.17) is 9.52 Å². The maximum Gasteiger partial charge on any atom is 0.308 e. The predicted molar refractivity (Wildman–Crippen MR) is 74.6 cm³/mol. The number of rotatable bonds is 8. The molecule has 7 nitrogen and oxygen atoms in total. The average molecular weight is 296 g/mol. The van der Waals surface area contributed by atoms with Crippen molar-refractivity contribution in [2.75, 3.05) is 13.1 Å². The minimum atomic E-state index is -0.934. The Hall–Kier alpha value is -2.31. The van der Waals surface area contributed by atoms with E-state index in [0.29, 0.717) is 0 Å². The lowest BCUT2D eigenvalue weighted by Crippen LogP contribution is -2.37. The first kappa shape index (κ1) is 16.7. The number of carbonyl (C=O) groups excluding carboxylic acids is 2. The van der Waals surface area contributed by atoms with E-state index in [9.17, 15) is 14.4 Å². The van der Waals surface area contributed by atoms with Gasteiger partial charge < -0.3 is 20.2 Å². The van der Waals surface area contributed by atoms with Crippen molar-refractivity contribution in [2.45, 2.75) is 20.3 Å². The topological polar surface area (TPSA) is 109 Å². The van der Waals surface area contributed by atoms with E-state index >= 15 is 0 Å². The first-order chi connectivity index (χ1) is 9.91. The van der Waals surface area contributed by atoms with Gasteiger partial charge in [-0.2, -0.15) is 0 Å². The van der Waals surface area contributed by atoms with Gasteiger partial charge in [-0.25, -0.2) is 0 Å². The molecule has 1 heterocycles. The second-order valence-electron chi connectivity index (χ2n) is 4.98. The van der Waals surface area contributed by atoms with Crippen molar-refractivity contribution in [3.63, 3.8) is 0 Å². The van der Waals surface area contributed by atoms with E-state index in [2.05, 4.69) is 10.6 Å². The molecule has 3 N–H and O–H groups in total. The number of carboxylic acids is 1. The number of amides is 2. The molecule has 116 valence electrons. The number of hydrogen-bond donors (Lipinski definition) is 3. The standard InChI is InChI=1S/C14H20N2O5/c1-9(2)10(14(19)20)8-16-12(17)5-6-15-13(18)11-4-3-7-21-11/h3-4,7,9-10H,5-6,8H2,1-2H3,(H,15,18)(H,16,17)(H,19,20). The van der Waals surface area contributed by atoms with Crippen molar-refractivity contribution < 1.29 is 23.9 Å². The van der Waals surface area contributed by atoms with Crippen LogP contribution in [0.1, 0.15) is 30.8 Å². The molecule has 0 fully saturated rings. The Morgan fingerprint density at radius 2 is 2.00 bits per heavy atom. The summed E-state index contributed by atoms with van der Waals surface area (Å²) in [6, 6.07) is 3.12. The van der Waals surface area contributed by atoms with E-state index in [1.165, 1.54) is 12.3 Å². The van der Waals surface area contributed by atoms with E-state index in [0.717, 1.165) is 0 Å². The highest BCUT2D eigenvalue weighted by molar-refractivity contribution is 5.91. The summed E-state index contributed by atoms with van der Waals surface area (Å²) in [7, 11) is 0. The minimum Gasteiger partial charge on any atom is -0.481 e. The number of nitrogens with one attached hydrogen (secondary N) is 2. The normalized spacial score (nSPS) is 12.0. The maximum absolute atomic E-state index is 11.6. The van der Waals surface area contributed by atoms with Gasteiger partial charge in [0.25, 0.3) is 5.91 Å². The van der Waals surface area contributed by atoms with Crippen LogP contribution in [0.15, 0.2) is 22.8 Å². The lowest BCUT2D eigenvalue weighted by molar-refractivity contribution is -0.143. The average Bonchev–Trinajstić information content (AvgIpc) is 2.91. The van der Waals surface area contributed by atoms with Crippen LogP contribution in [0, 0.1) is 11.8 Å². The van der Waals surface area contributed by atoms with Crippen LogP contribution >= 0.6 is 0 Å². The molecule has 0 aliphatic heterocycles. The van der Waals surface area contributed by atoms with Crippen LogP contribution in [-0.4, -0.2) is 36.0 Å². The van der Waals surface area contributed by atoms with Gasteiger partial charge in [0.15, 0.2) is 5.76 Å². The zero-order chi connectivity index (χ0) is 15.8. The Bertz CT molecular complexity index is 482. The Morgan fingerprint density at radius 1 is 1.29 bits per heavy atom. The summed E-state index contributed by atoms with van der Waals surface area (Å²) >= 11 is 0. The summed E-state index contributed by atoms with van der Waals surface area (Å²) in [6.45, 7) is 3.81. The third-order valence-corrected chi connectivity index (χ3v) is 3.02. The molecule has 1 unspecified atom stereocenters. The van der Waals surface area contributed by atoms with Crippen molar-refractivity contribution in [2.24, 2.45) is 11.8 Å². The molecule has 0 aliphatic rings. The number of carboxylic acid groups (broad SMARTS) is 1. The third-order valence-electron chi connectivity index (χ3n) is 3.02. The monoisotopic (exact) mass is 296 g/mol. The predicted octanol–water partition coefficient (Wildman–Crippen LogP) is 0.872. The highest BCUT2D eigenvalue weighted by Gasteiger charge is 2.21. The number of furan rings is 1. The fourth-order valence-corrected chi connectivity index (χ4v) is 1.70. The highest BCUT2D eigenvalue weighted by atomic mass is 16.4. The molecule has 0 saturated carbocycles. The Kier molecular flexibility index (Phi) is 6.45. The number of aliphatic carboxylic acids is 1. The van der Waals surface area contributed by atoms with Gasteiger partial charge in [-0.1, -0.05) is 13.8 Å². The lowest BCUT2D eigenvalue weighted by Gasteiger charge is -2.16. The molecule has 7 heteroatoms. The van der Waals surface area contributed by atoms with Crippen LogP contribution in [0.2, 0.25) is 0 Å². The van der Waals surface area contributed by atoms with Gasteiger partial charge in [-0.05, 0) is 18.1 Å². The molecule has 0 aliphatic carbocycles. The second-order valence-corrected chi connectivity index (χ2v) is 4.98. The van der Waals surface area contributed by atoms with E-state index in [1.807, 2.05) is 0 Å². The van der Waals surface area contributed by atoms with Crippen molar-refractivity contribution in [3.8, 4) is 0 Å². The van der Waals surface area contributed by atoms with Gasteiger partial charge in [-0.3, -0.25) is 14.4 Å². The minimum absolute atomic E-state index is 0.0681. The Labute approximate surface area is 122 Å². The highest BCUT2D eigenvalue weighted by Crippen LogP contribution is 2.09. The molecule has 21 heavy (non-hydrogen) atoms. The number of carbonyl (C=O) groups is 3. The zero-order valence-corrected chi connectivity index (χ0v) is 12.1. The summed E-state index contributed by atoms with van der Waals surface area (Å²) in [5.41, 5.74) is 0. The van der Waals surface area contributed by atoms with Gasteiger partial charge in [-0.15, -0.1) is 0 Å². The first-order valence-electron chi connectivity index (χ1n) is 6.73. The molecule has 0 saturated heterocycles. The third kappa shape index (κ3) is 5.68. The van der Waals surface area contributed by atoms with Gasteiger partial charge in [0.2, 0.25) is 5.91 Å². The zero-order valence-electron chi connectivity index (χ0n) is 12.1. The van der Waals surface area contributed by atoms with Crippen LogP contribution in [-0.2, 0) is 9.59 Å². The fraction of sp³-hybridized carbons (Fsp3) is 0.500. The van der Waals surface area contributed by atoms with Crippen molar-refractivity contribution in [1.29, 1.82) is 0 Å². The Morgan fingerprint density at radius 3 is 2.52 bits per heavy atom. The molecule has 1 atom stereocenters. The molecule has 1 rings (SSSR count). The smallest absolute Gasteiger partial charge is 0.308 e. The van der Waals surface area contributed by atoms with Gasteiger partial charge in [0.1, 0.15) is 0 Å². The van der Waals surface area contributed by atoms with E-state index in [1.54, 1.807) is 19.9 Å². The first-order valence-corrected chi connectivity index (χ1v) is 6.73. The lowest BCUT2D eigenvalue weighted by atomic mass is 9.96. The van der Waals surface area contributed by atoms with Crippen LogP contribution in [0.3, 0.4) is 0 Å². The second kappa shape index (κ2) is 8.08. The summed E-state index contributed by atoms with van der Waals surface area (Å²) in [5.74, 6) is -2.13. The van der Waals surface area contributed by atoms with Crippen LogP contribution in [0.5, 0.6) is 0 Å². The summed E-state index contributed by atoms with van der Waals surface area (Å²) in [6.07, 6.45) is 1.47. The van der Waals surface area contributed by atoms with Crippen molar-refractivity contribution in [1.82, 2.24) is 10.6 Å². The van der Waals surface area contributed by atoms with Crippen molar-refractivity contribution >= 4 is 17.8 Å². The molecular weight excluding hydrogens is 276 g/mol. The Balaban J connectivity index is 2.25. The molecule has 2 amide bonds. The van der Waals surface area contributed by atoms with Crippen LogP contribution < -0.4 is 10.6 Å². The molecule has 0 aromatic carbocycles. The van der Waals surface area contributed by atoms with Crippen LogP contribution in [0.4, 0.5) is 0 Å². The largest absolute Gasteiger partial charge is 0.481 e. The summed E-state index contributed by atoms with van der Waals surface area (Å²) in [5, 5.41) is 14.1. The maximum atomic E-state index is 11.6. The fourth-order valence-electron chi connectivity index (χ4n) is 1.70. The molecule has 0 radical (unpaired) electrons. The molecule has 0 bridgehead atoms. The molecular formula is C14H20N2O5. The van der Waals surface area contributed by atoms with Crippen LogP contribution in [0.25, 0.3) is 0 Å². The van der Waals surface area contributed by atoms with E-state index in [-0.39, 0.29) is 37.1 Å². The van der Waals surface area contributed by atoms with E-state index < -0.39 is 17.8 Å². The SMILES string of the molecule is CC(C)C(CNC(=O)CCNC(=O)c1ccco1)C(=O)O. The molecule has 0 spiro atoms. The van der Waals surface area contributed by atoms with Gasteiger partial charge in [0, 0.05) is 19.5 Å². The summed E-state index contributed by atoms with van der Waals surface area (Å²) in [4.78, 5) is 34.1.